The molecule has 0 atom stereocenters. The topological polar surface area (TPSA) is 42.0 Å². The molecule has 0 spiro atoms. The minimum atomic E-state index is -4.50. The van der Waals surface area contributed by atoms with E-state index in [0.717, 1.165) is 6.07 Å². The number of nitrogens with one attached hydrogen (secondary N) is 1. The highest BCUT2D eigenvalue weighted by Gasteiger charge is 2.34. The highest BCUT2D eigenvalue weighted by atomic mass is 28.3. The second-order valence-electron chi connectivity index (χ2n) is 7.76. The summed E-state index contributed by atoms with van der Waals surface area (Å²) in [5, 5.41) is 4.10. The largest absolute Gasteiger partial charge is 0.418 e. The van der Waals surface area contributed by atoms with E-state index in [1.54, 1.807) is 0 Å². The fraction of sp³-hybridized carbons (Fsp3) is 0.182. The Balaban J connectivity index is 1.78. The fourth-order valence-corrected chi connectivity index (χ4v) is 4.07. The van der Waals surface area contributed by atoms with Crippen LogP contribution in [0.15, 0.2) is 66.9 Å². The Morgan fingerprint density at radius 1 is 0.931 bits per heavy atom. The molecule has 0 aliphatic heterocycles. The molecule has 3 rings (SSSR count). The number of alkyl halides is 3. The van der Waals surface area contributed by atoms with Gasteiger partial charge in [0.15, 0.2) is 0 Å². The Bertz CT molecular complexity index is 1010. The Labute approximate surface area is 168 Å². The van der Waals surface area contributed by atoms with Crippen LogP contribution in [0.1, 0.15) is 15.9 Å². The molecule has 0 aliphatic carbocycles. The van der Waals surface area contributed by atoms with Crippen molar-refractivity contribution in [1.82, 2.24) is 4.98 Å². The van der Waals surface area contributed by atoms with Crippen molar-refractivity contribution in [3.63, 3.8) is 0 Å². The monoisotopic (exact) mass is 414 g/mol. The van der Waals surface area contributed by atoms with Crippen molar-refractivity contribution in [2.75, 3.05) is 5.32 Å². The zero-order valence-electron chi connectivity index (χ0n) is 16.3. The fourth-order valence-electron chi connectivity index (χ4n) is 2.90. The summed E-state index contributed by atoms with van der Waals surface area (Å²) in [5.41, 5.74) is 0.361. The number of hydrogen-bond acceptors (Lipinski definition) is 2. The van der Waals surface area contributed by atoms with E-state index in [9.17, 15) is 18.0 Å². The number of pyridine rings is 1. The predicted molar refractivity (Wildman–Crippen MR) is 112 cm³/mol. The number of nitrogens with zero attached hydrogens (tertiary/aromatic N) is 1. The number of benzene rings is 2. The molecule has 150 valence electrons. The number of carbonyl (C=O) groups excluding carboxylic acids is 1. The van der Waals surface area contributed by atoms with Gasteiger partial charge in [0, 0.05) is 23.0 Å². The van der Waals surface area contributed by atoms with Crippen LogP contribution in [0.5, 0.6) is 0 Å². The van der Waals surface area contributed by atoms with Crippen molar-refractivity contribution in [1.29, 1.82) is 0 Å². The van der Waals surface area contributed by atoms with Crippen LogP contribution in [0.2, 0.25) is 19.6 Å². The molecule has 1 N–H and O–H groups in total. The Morgan fingerprint density at radius 3 is 2.10 bits per heavy atom. The molecule has 0 saturated heterocycles. The minimum absolute atomic E-state index is 0.158. The molecular formula is C22H21F3N2OSi. The third kappa shape index (κ3) is 4.92. The molecule has 1 amide bonds. The number of halogens is 3. The quantitative estimate of drug-likeness (QED) is 0.568. The van der Waals surface area contributed by atoms with Crippen LogP contribution in [-0.2, 0) is 6.18 Å². The predicted octanol–water partition coefficient (Wildman–Crippen LogP) is 5.56. The molecule has 0 radical (unpaired) electrons. The summed E-state index contributed by atoms with van der Waals surface area (Å²) in [4.78, 5) is 16.3. The maximum Gasteiger partial charge on any atom is 0.418 e. The molecule has 0 aliphatic rings. The van der Waals surface area contributed by atoms with E-state index in [-0.39, 0.29) is 11.6 Å². The lowest BCUT2D eigenvalue weighted by Crippen LogP contribution is -2.37. The van der Waals surface area contributed by atoms with E-state index in [2.05, 4.69) is 29.9 Å². The molecule has 7 heteroatoms. The zero-order chi connectivity index (χ0) is 21.2. The number of anilines is 1. The highest BCUT2D eigenvalue weighted by Crippen LogP contribution is 2.35. The standard InChI is InChI=1S/C22H21F3N2OSi/c1-29(2,3)18-12-10-17(11-13-18)27-21(28)16-8-6-15(7-9-16)20-19(22(23,24)25)5-4-14-26-20/h4-14H,1-3H3,(H,27,28). The van der Waals surface area contributed by atoms with Gasteiger partial charge in [0.2, 0.25) is 0 Å². The van der Waals surface area contributed by atoms with Crippen molar-refractivity contribution in [2.24, 2.45) is 0 Å². The first-order chi connectivity index (χ1) is 13.6. The van der Waals surface area contributed by atoms with Gasteiger partial charge >= 0.3 is 6.18 Å². The van der Waals surface area contributed by atoms with Gasteiger partial charge in [-0.05, 0) is 36.4 Å². The zero-order valence-corrected chi connectivity index (χ0v) is 17.3. The second-order valence-corrected chi connectivity index (χ2v) is 12.8. The van der Waals surface area contributed by atoms with Crippen LogP contribution in [0, 0.1) is 0 Å². The second kappa shape index (κ2) is 7.83. The van der Waals surface area contributed by atoms with Crippen LogP contribution >= 0.6 is 0 Å². The number of hydrogen-bond donors (Lipinski definition) is 1. The minimum Gasteiger partial charge on any atom is -0.322 e. The van der Waals surface area contributed by atoms with Gasteiger partial charge in [-0.25, -0.2) is 0 Å². The first-order valence-electron chi connectivity index (χ1n) is 9.10. The maximum atomic E-state index is 13.2. The summed E-state index contributed by atoms with van der Waals surface area (Å²) in [6, 6.07) is 15.9. The summed E-state index contributed by atoms with van der Waals surface area (Å²) < 4.78 is 39.6. The average molecular weight is 415 g/mol. The molecule has 2 aromatic carbocycles. The normalized spacial score (nSPS) is 11.9. The number of aromatic nitrogens is 1. The van der Waals surface area contributed by atoms with Crippen molar-refractivity contribution < 1.29 is 18.0 Å². The number of amides is 1. The number of carbonyl (C=O) groups is 1. The van der Waals surface area contributed by atoms with E-state index in [4.69, 9.17) is 0 Å². The molecule has 0 saturated carbocycles. The van der Waals surface area contributed by atoms with Gasteiger partial charge in [0.25, 0.3) is 5.91 Å². The van der Waals surface area contributed by atoms with Crippen LogP contribution < -0.4 is 10.5 Å². The lowest BCUT2D eigenvalue weighted by molar-refractivity contribution is -0.137. The first-order valence-corrected chi connectivity index (χ1v) is 12.6. The van der Waals surface area contributed by atoms with Crippen LogP contribution in [0.3, 0.4) is 0 Å². The van der Waals surface area contributed by atoms with Crippen molar-refractivity contribution in [3.8, 4) is 11.3 Å². The van der Waals surface area contributed by atoms with Crippen molar-refractivity contribution >= 4 is 24.9 Å². The van der Waals surface area contributed by atoms with Gasteiger partial charge < -0.3 is 5.32 Å². The Kier molecular flexibility index (Phi) is 5.61. The number of rotatable bonds is 4. The van der Waals surface area contributed by atoms with E-state index >= 15 is 0 Å². The molecule has 1 heterocycles. The molecule has 0 unspecified atom stereocenters. The van der Waals surface area contributed by atoms with Crippen molar-refractivity contribution in [2.45, 2.75) is 25.8 Å². The highest BCUT2D eigenvalue weighted by molar-refractivity contribution is 6.88. The van der Waals surface area contributed by atoms with Crippen LogP contribution in [0.4, 0.5) is 18.9 Å². The van der Waals surface area contributed by atoms with Crippen LogP contribution in [0.25, 0.3) is 11.3 Å². The van der Waals surface area contributed by atoms with E-state index < -0.39 is 19.8 Å². The van der Waals surface area contributed by atoms with Gasteiger partial charge in [-0.15, -0.1) is 0 Å². The summed E-state index contributed by atoms with van der Waals surface area (Å²) in [6.07, 6.45) is -3.18. The average Bonchev–Trinajstić information content (AvgIpc) is 2.67. The summed E-state index contributed by atoms with van der Waals surface area (Å²) >= 11 is 0. The third-order valence-electron chi connectivity index (χ3n) is 4.54. The summed E-state index contributed by atoms with van der Waals surface area (Å²) in [5.74, 6) is -0.325. The maximum absolute atomic E-state index is 13.2. The van der Waals surface area contributed by atoms with Crippen LogP contribution in [-0.4, -0.2) is 19.0 Å². The Hall–Kier alpha value is -2.93. The van der Waals surface area contributed by atoms with Gasteiger partial charge in [-0.2, -0.15) is 13.2 Å². The molecule has 3 aromatic rings. The van der Waals surface area contributed by atoms with Gasteiger partial charge in [-0.1, -0.05) is 49.1 Å². The smallest absolute Gasteiger partial charge is 0.322 e. The van der Waals surface area contributed by atoms with E-state index in [0.29, 0.717) is 16.8 Å². The molecule has 1 aromatic heterocycles. The van der Waals surface area contributed by atoms with Gasteiger partial charge in [0.05, 0.1) is 19.3 Å². The molecule has 0 bridgehead atoms. The molecular weight excluding hydrogens is 393 g/mol. The van der Waals surface area contributed by atoms with Gasteiger partial charge in [-0.3, -0.25) is 9.78 Å². The SMILES string of the molecule is C[Si](C)(C)c1ccc(NC(=O)c2ccc(-c3ncccc3C(F)(F)F)cc2)cc1. The lowest BCUT2D eigenvalue weighted by Gasteiger charge is -2.17. The summed E-state index contributed by atoms with van der Waals surface area (Å²) in [7, 11) is -1.42. The lowest BCUT2D eigenvalue weighted by atomic mass is 10.0. The third-order valence-corrected chi connectivity index (χ3v) is 6.61. The van der Waals surface area contributed by atoms with Gasteiger partial charge in [0.1, 0.15) is 0 Å². The Morgan fingerprint density at radius 2 is 1.55 bits per heavy atom. The summed E-state index contributed by atoms with van der Waals surface area (Å²) in [6.45, 7) is 6.73. The van der Waals surface area contributed by atoms with E-state index in [1.165, 1.54) is 41.7 Å². The van der Waals surface area contributed by atoms with E-state index in [1.807, 2.05) is 24.3 Å². The molecule has 0 fully saturated rings. The van der Waals surface area contributed by atoms with Crippen molar-refractivity contribution in [3.05, 3.63) is 78.0 Å². The first kappa shape index (κ1) is 20.8. The molecule has 3 nitrogen and oxygen atoms in total. The molecule has 29 heavy (non-hydrogen) atoms.